The van der Waals surface area contributed by atoms with Crippen LogP contribution in [0, 0.1) is 0 Å². The Hall–Kier alpha value is -1.06. The molecule has 3 heteroatoms. The van der Waals surface area contributed by atoms with Crippen molar-refractivity contribution in [3.8, 4) is 0 Å². The number of β-amino-alcohol motifs (C(OH)–C–C–N with tert-alkyl or cyclic N) is 1. The zero-order valence-electron chi connectivity index (χ0n) is 13.4. The van der Waals surface area contributed by atoms with Crippen molar-refractivity contribution < 1.29 is 5.11 Å². The molecule has 2 bridgehead atoms. The van der Waals surface area contributed by atoms with Crippen LogP contribution in [-0.2, 0) is 5.41 Å². The summed E-state index contributed by atoms with van der Waals surface area (Å²) in [6.45, 7) is 2.02. The number of aliphatic hydroxyl groups is 1. The molecule has 2 unspecified atom stereocenters. The molecule has 3 fully saturated rings. The van der Waals surface area contributed by atoms with Gasteiger partial charge in [-0.1, -0.05) is 18.6 Å². The Bertz CT molecular complexity index is 554. The Labute approximate surface area is 133 Å². The number of fused-ring (bicyclic) bond motifs is 2. The molecular formula is C19H28N2O. The minimum absolute atomic E-state index is 0.330. The van der Waals surface area contributed by atoms with Gasteiger partial charge in [0.05, 0.1) is 5.60 Å². The quantitative estimate of drug-likeness (QED) is 0.844. The molecule has 0 amide bonds. The number of hydrogen-bond acceptors (Lipinski definition) is 3. The van der Waals surface area contributed by atoms with Crippen LogP contribution in [0.2, 0.25) is 0 Å². The lowest BCUT2D eigenvalue weighted by molar-refractivity contribution is -0.0825. The van der Waals surface area contributed by atoms with E-state index in [4.69, 9.17) is 5.73 Å². The molecule has 3 aliphatic rings. The van der Waals surface area contributed by atoms with Crippen LogP contribution in [-0.4, -0.2) is 34.7 Å². The van der Waals surface area contributed by atoms with Crippen LogP contribution < -0.4 is 5.73 Å². The van der Waals surface area contributed by atoms with E-state index in [2.05, 4.69) is 23.1 Å². The molecule has 1 aliphatic heterocycles. The van der Waals surface area contributed by atoms with Gasteiger partial charge in [0.25, 0.3) is 0 Å². The van der Waals surface area contributed by atoms with E-state index in [-0.39, 0.29) is 5.60 Å². The zero-order chi connectivity index (χ0) is 15.2. The Morgan fingerprint density at radius 3 is 2.77 bits per heavy atom. The summed E-state index contributed by atoms with van der Waals surface area (Å²) in [4.78, 5) is 2.59. The fraction of sp³-hybridized carbons (Fsp3) is 0.684. The Morgan fingerprint density at radius 1 is 1.18 bits per heavy atom. The molecule has 2 atom stereocenters. The largest absolute Gasteiger partial charge is 0.399 e. The summed E-state index contributed by atoms with van der Waals surface area (Å²) in [5.41, 5.74) is 8.31. The Balaban J connectivity index is 1.53. The van der Waals surface area contributed by atoms with Crippen molar-refractivity contribution in [3.63, 3.8) is 0 Å². The number of rotatable bonds is 3. The van der Waals surface area contributed by atoms with E-state index in [1.807, 2.05) is 6.07 Å². The van der Waals surface area contributed by atoms with Crippen molar-refractivity contribution in [3.05, 3.63) is 29.8 Å². The number of likely N-dealkylation sites (tertiary alicyclic amines) is 1. The van der Waals surface area contributed by atoms with E-state index in [0.29, 0.717) is 11.5 Å². The third kappa shape index (κ3) is 2.44. The van der Waals surface area contributed by atoms with Gasteiger partial charge in [0, 0.05) is 18.3 Å². The predicted octanol–water partition coefficient (Wildman–Crippen LogP) is 3.07. The highest BCUT2D eigenvalue weighted by Gasteiger charge is 2.46. The van der Waals surface area contributed by atoms with Gasteiger partial charge in [0.15, 0.2) is 0 Å². The number of nitrogens with two attached hydrogens (primary N) is 1. The van der Waals surface area contributed by atoms with Crippen LogP contribution in [0.3, 0.4) is 0 Å². The lowest BCUT2D eigenvalue weighted by atomic mass is 9.63. The lowest BCUT2D eigenvalue weighted by Gasteiger charge is -2.53. The molecule has 1 saturated heterocycles. The first-order valence-electron chi connectivity index (χ1n) is 8.91. The van der Waals surface area contributed by atoms with Crippen LogP contribution in [0.15, 0.2) is 24.3 Å². The maximum Gasteiger partial charge on any atom is 0.0774 e. The third-order valence-corrected chi connectivity index (χ3v) is 6.49. The van der Waals surface area contributed by atoms with E-state index in [1.54, 1.807) is 0 Å². The van der Waals surface area contributed by atoms with Crippen molar-refractivity contribution in [2.24, 2.45) is 0 Å². The van der Waals surface area contributed by atoms with Gasteiger partial charge in [-0.15, -0.1) is 0 Å². The SMILES string of the molecule is Nc1cccc(C23CCCC(C2)N(CC2(O)CCC2)CC3)c1. The summed E-state index contributed by atoms with van der Waals surface area (Å²) in [6.07, 6.45) is 9.53. The highest BCUT2D eigenvalue weighted by atomic mass is 16.3. The van der Waals surface area contributed by atoms with E-state index >= 15 is 0 Å². The number of nitrogens with zero attached hydrogens (tertiary/aromatic N) is 1. The van der Waals surface area contributed by atoms with Gasteiger partial charge in [-0.05, 0) is 74.6 Å². The van der Waals surface area contributed by atoms with Crippen molar-refractivity contribution in [1.82, 2.24) is 4.90 Å². The van der Waals surface area contributed by atoms with E-state index in [1.165, 1.54) is 44.1 Å². The first kappa shape index (κ1) is 14.5. The highest BCUT2D eigenvalue weighted by molar-refractivity contribution is 5.44. The molecule has 2 aliphatic carbocycles. The number of hydrogen-bond donors (Lipinski definition) is 2. The summed E-state index contributed by atoms with van der Waals surface area (Å²) in [6, 6.07) is 9.20. The predicted molar refractivity (Wildman–Crippen MR) is 89.8 cm³/mol. The van der Waals surface area contributed by atoms with E-state index < -0.39 is 0 Å². The van der Waals surface area contributed by atoms with Gasteiger partial charge in [-0.3, -0.25) is 4.90 Å². The third-order valence-electron chi connectivity index (χ3n) is 6.49. The Morgan fingerprint density at radius 2 is 2.05 bits per heavy atom. The molecule has 3 N–H and O–H groups in total. The normalized spacial score (nSPS) is 34.1. The number of anilines is 1. The summed E-state index contributed by atoms with van der Waals surface area (Å²) < 4.78 is 0. The van der Waals surface area contributed by atoms with Gasteiger partial charge in [0.2, 0.25) is 0 Å². The molecule has 4 rings (SSSR count). The zero-order valence-corrected chi connectivity index (χ0v) is 13.4. The fourth-order valence-electron chi connectivity index (χ4n) is 5.01. The van der Waals surface area contributed by atoms with E-state index in [0.717, 1.165) is 31.6 Å². The second kappa shape index (κ2) is 5.24. The average Bonchev–Trinajstić information content (AvgIpc) is 2.49. The van der Waals surface area contributed by atoms with Crippen molar-refractivity contribution in [2.45, 2.75) is 68.4 Å². The number of benzene rings is 1. The summed E-state index contributed by atoms with van der Waals surface area (Å²) in [5.74, 6) is 0. The van der Waals surface area contributed by atoms with Gasteiger partial charge >= 0.3 is 0 Å². The molecule has 2 saturated carbocycles. The topological polar surface area (TPSA) is 49.5 Å². The van der Waals surface area contributed by atoms with E-state index in [9.17, 15) is 5.11 Å². The number of piperidine rings is 1. The molecule has 3 nitrogen and oxygen atoms in total. The molecule has 0 radical (unpaired) electrons. The molecule has 120 valence electrons. The van der Waals surface area contributed by atoms with Crippen LogP contribution in [0.5, 0.6) is 0 Å². The summed E-state index contributed by atoms with van der Waals surface area (Å²) in [7, 11) is 0. The average molecular weight is 300 g/mol. The smallest absolute Gasteiger partial charge is 0.0774 e. The standard InChI is InChI=1S/C19H28N2O/c20-16-5-1-4-15(12-16)18-7-2-6-17(13-18)21(11-10-18)14-19(22)8-3-9-19/h1,4-5,12,17,22H,2-3,6-11,13-14,20H2. The Kier molecular flexibility index (Phi) is 3.46. The second-order valence-electron chi connectivity index (χ2n) is 7.95. The maximum absolute atomic E-state index is 10.5. The minimum atomic E-state index is -0.380. The molecule has 0 spiro atoms. The first-order chi connectivity index (χ1) is 10.6. The van der Waals surface area contributed by atoms with Gasteiger partial charge in [0.1, 0.15) is 0 Å². The van der Waals surface area contributed by atoms with Crippen molar-refractivity contribution >= 4 is 5.69 Å². The lowest BCUT2D eigenvalue weighted by Crippen LogP contribution is -2.57. The first-order valence-corrected chi connectivity index (χ1v) is 8.91. The van der Waals surface area contributed by atoms with Gasteiger partial charge < -0.3 is 10.8 Å². The molecule has 1 heterocycles. The maximum atomic E-state index is 10.5. The van der Waals surface area contributed by atoms with Crippen molar-refractivity contribution in [1.29, 1.82) is 0 Å². The summed E-state index contributed by atoms with van der Waals surface area (Å²) >= 11 is 0. The van der Waals surface area contributed by atoms with Crippen LogP contribution >= 0.6 is 0 Å². The van der Waals surface area contributed by atoms with Crippen LogP contribution in [0.25, 0.3) is 0 Å². The minimum Gasteiger partial charge on any atom is -0.399 e. The molecule has 22 heavy (non-hydrogen) atoms. The van der Waals surface area contributed by atoms with Gasteiger partial charge in [-0.2, -0.15) is 0 Å². The highest BCUT2D eigenvalue weighted by Crippen LogP contribution is 2.48. The molecule has 1 aromatic rings. The summed E-state index contributed by atoms with van der Waals surface area (Å²) in [5, 5.41) is 10.5. The second-order valence-corrected chi connectivity index (χ2v) is 7.95. The number of nitrogen functional groups attached to an aromatic ring is 1. The molecular weight excluding hydrogens is 272 g/mol. The van der Waals surface area contributed by atoms with Crippen molar-refractivity contribution in [2.75, 3.05) is 18.8 Å². The molecule has 1 aromatic carbocycles. The molecule has 0 aromatic heterocycles. The monoisotopic (exact) mass is 300 g/mol. The fourth-order valence-corrected chi connectivity index (χ4v) is 5.01. The van der Waals surface area contributed by atoms with Gasteiger partial charge in [-0.25, -0.2) is 0 Å². The van der Waals surface area contributed by atoms with Crippen LogP contribution in [0.1, 0.15) is 56.9 Å². The van der Waals surface area contributed by atoms with Crippen LogP contribution in [0.4, 0.5) is 5.69 Å².